The minimum absolute atomic E-state index is 0.0505. The molecule has 2 aromatic carbocycles. The first-order chi connectivity index (χ1) is 16.5. The van der Waals surface area contributed by atoms with E-state index in [-0.39, 0.29) is 30.2 Å². The molecule has 2 amide bonds. The molecule has 1 N–H and O–H groups in total. The number of nitrogens with zero attached hydrogens (tertiary/aromatic N) is 1. The van der Waals surface area contributed by atoms with Crippen molar-refractivity contribution in [1.82, 2.24) is 5.32 Å². The zero-order valence-electron chi connectivity index (χ0n) is 19.2. The van der Waals surface area contributed by atoms with Crippen molar-refractivity contribution in [2.24, 2.45) is 0 Å². The van der Waals surface area contributed by atoms with Crippen LogP contribution in [0.3, 0.4) is 0 Å². The molecule has 6 nitrogen and oxygen atoms in total. The molecular weight excluding hydrogens is 455 g/mol. The van der Waals surface area contributed by atoms with Crippen LogP contribution in [0.25, 0.3) is 0 Å². The van der Waals surface area contributed by atoms with Gasteiger partial charge in [-0.3, -0.25) is 9.59 Å². The topological polar surface area (TPSA) is 71.8 Å². The minimum Gasteiger partial charge on any atom is -0.493 e. The second-order valence-electron chi connectivity index (χ2n) is 8.05. The van der Waals surface area contributed by atoms with Gasteiger partial charge in [0.1, 0.15) is 17.3 Å². The third-order valence-corrected chi connectivity index (χ3v) is 6.72. The number of halogens is 1. The number of thioether (sulfide) groups is 1. The van der Waals surface area contributed by atoms with Gasteiger partial charge in [0.15, 0.2) is 0 Å². The lowest BCUT2D eigenvalue weighted by atomic mass is 10.1. The Morgan fingerprint density at radius 2 is 2.09 bits per heavy atom. The Hall–Kier alpha value is -3.26. The summed E-state index contributed by atoms with van der Waals surface area (Å²) in [6, 6.07) is 13.5. The number of amides is 2. The van der Waals surface area contributed by atoms with Gasteiger partial charge in [0.2, 0.25) is 5.91 Å². The maximum absolute atomic E-state index is 14.8. The number of hydrogen-bond acceptors (Lipinski definition) is 5. The predicted octanol–water partition coefficient (Wildman–Crippen LogP) is 5.56. The van der Waals surface area contributed by atoms with Crippen molar-refractivity contribution in [3.8, 4) is 5.75 Å². The molecule has 4 rings (SSSR count). The summed E-state index contributed by atoms with van der Waals surface area (Å²) in [5, 5.41) is 2.46. The number of carbonyl (C=O) groups is 2. The quantitative estimate of drug-likeness (QED) is 0.405. The largest absolute Gasteiger partial charge is 0.493 e. The van der Waals surface area contributed by atoms with E-state index < -0.39 is 5.82 Å². The molecule has 0 spiro atoms. The number of hydrogen-bond donors (Lipinski definition) is 1. The summed E-state index contributed by atoms with van der Waals surface area (Å²) >= 11 is 1.39. The predicted molar refractivity (Wildman–Crippen MR) is 130 cm³/mol. The first-order valence-corrected chi connectivity index (χ1v) is 12.2. The van der Waals surface area contributed by atoms with Crippen LogP contribution in [0.1, 0.15) is 48.4 Å². The summed E-state index contributed by atoms with van der Waals surface area (Å²) in [7, 11) is 0. The molecule has 0 saturated heterocycles. The van der Waals surface area contributed by atoms with Gasteiger partial charge in [0.05, 0.1) is 36.9 Å². The van der Waals surface area contributed by atoms with E-state index in [4.69, 9.17) is 9.15 Å². The second-order valence-corrected chi connectivity index (χ2v) is 9.43. The molecule has 2 heterocycles. The molecule has 1 atom stereocenters. The van der Waals surface area contributed by atoms with Gasteiger partial charge in [-0.2, -0.15) is 0 Å². The monoisotopic (exact) mass is 482 g/mol. The molecule has 3 aromatic rings. The van der Waals surface area contributed by atoms with Crippen molar-refractivity contribution in [2.45, 2.75) is 49.9 Å². The second kappa shape index (κ2) is 10.8. The molecule has 1 aliphatic heterocycles. The van der Waals surface area contributed by atoms with Gasteiger partial charge >= 0.3 is 0 Å². The third kappa shape index (κ3) is 5.28. The fourth-order valence-corrected chi connectivity index (χ4v) is 4.81. The normalized spacial score (nSPS) is 15.2. The standard InChI is InChI=1S/C26H27FN2O4S/c1-3-4-12-33-23-9-5-8-21(27)20(23)16-29-22-11-10-18(14-24(22)34-17(2)26(29)31)25(30)28-15-19-7-6-13-32-19/h5-11,13-14,17H,3-4,12,15-16H2,1-2H3,(H,28,30). The number of carbonyl (C=O) groups excluding carboxylic acids is 2. The average Bonchev–Trinajstić information content (AvgIpc) is 3.35. The molecule has 0 bridgehead atoms. The summed E-state index contributed by atoms with van der Waals surface area (Å²) < 4.78 is 25.9. The first kappa shape index (κ1) is 23.9. The lowest BCUT2D eigenvalue weighted by Gasteiger charge is -2.33. The van der Waals surface area contributed by atoms with E-state index in [2.05, 4.69) is 12.2 Å². The van der Waals surface area contributed by atoms with E-state index in [1.807, 2.05) is 6.92 Å². The lowest BCUT2D eigenvalue weighted by Crippen LogP contribution is -2.39. The van der Waals surface area contributed by atoms with Gasteiger partial charge in [-0.1, -0.05) is 19.4 Å². The van der Waals surface area contributed by atoms with Gasteiger partial charge in [0, 0.05) is 16.0 Å². The lowest BCUT2D eigenvalue weighted by molar-refractivity contribution is -0.118. The van der Waals surface area contributed by atoms with Crippen molar-refractivity contribution in [3.63, 3.8) is 0 Å². The Labute approximate surface area is 202 Å². The summed E-state index contributed by atoms with van der Waals surface area (Å²) in [6.45, 7) is 4.69. The van der Waals surface area contributed by atoms with Crippen LogP contribution in [0.15, 0.2) is 64.1 Å². The molecule has 178 valence electrons. The third-order valence-electron chi connectivity index (χ3n) is 5.58. The highest BCUT2D eigenvalue weighted by Gasteiger charge is 2.32. The van der Waals surface area contributed by atoms with Gasteiger partial charge in [0.25, 0.3) is 5.91 Å². The molecule has 1 unspecified atom stereocenters. The molecule has 1 aliphatic rings. The van der Waals surface area contributed by atoms with Gasteiger partial charge in [-0.25, -0.2) is 4.39 Å². The van der Waals surface area contributed by atoms with E-state index in [9.17, 15) is 14.0 Å². The van der Waals surface area contributed by atoms with Gasteiger partial charge in [-0.05, 0) is 55.8 Å². The molecule has 0 aliphatic carbocycles. The fourth-order valence-electron chi connectivity index (χ4n) is 3.71. The Morgan fingerprint density at radius 1 is 1.24 bits per heavy atom. The van der Waals surface area contributed by atoms with Crippen LogP contribution in [0, 0.1) is 5.82 Å². The van der Waals surface area contributed by atoms with Crippen LogP contribution in [-0.4, -0.2) is 23.7 Å². The van der Waals surface area contributed by atoms with Crippen molar-refractivity contribution in [1.29, 1.82) is 0 Å². The van der Waals surface area contributed by atoms with Crippen LogP contribution >= 0.6 is 11.8 Å². The van der Waals surface area contributed by atoms with Crippen LogP contribution in [-0.2, 0) is 17.9 Å². The van der Waals surface area contributed by atoms with E-state index in [0.29, 0.717) is 34.9 Å². The highest BCUT2D eigenvalue weighted by atomic mass is 32.2. The zero-order valence-corrected chi connectivity index (χ0v) is 20.0. The number of benzene rings is 2. The number of ether oxygens (including phenoxy) is 1. The Balaban J connectivity index is 1.57. The summed E-state index contributed by atoms with van der Waals surface area (Å²) in [6.07, 6.45) is 3.38. The molecule has 34 heavy (non-hydrogen) atoms. The number of nitrogens with one attached hydrogen (secondary N) is 1. The van der Waals surface area contributed by atoms with Crippen LogP contribution < -0.4 is 15.0 Å². The number of fused-ring (bicyclic) bond motifs is 1. The van der Waals surface area contributed by atoms with E-state index in [0.717, 1.165) is 17.7 Å². The van der Waals surface area contributed by atoms with Crippen molar-refractivity contribution in [3.05, 3.63) is 77.5 Å². The van der Waals surface area contributed by atoms with Crippen LogP contribution in [0.4, 0.5) is 10.1 Å². The molecule has 0 radical (unpaired) electrons. The van der Waals surface area contributed by atoms with Crippen molar-refractivity contribution >= 4 is 29.3 Å². The zero-order chi connectivity index (χ0) is 24.1. The van der Waals surface area contributed by atoms with Crippen LogP contribution in [0.2, 0.25) is 0 Å². The summed E-state index contributed by atoms with van der Waals surface area (Å²) in [5.41, 5.74) is 1.48. The highest BCUT2D eigenvalue weighted by Crippen LogP contribution is 2.41. The maximum atomic E-state index is 14.8. The Kier molecular flexibility index (Phi) is 7.57. The first-order valence-electron chi connectivity index (χ1n) is 11.3. The average molecular weight is 483 g/mol. The Morgan fingerprint density at radius 3 is 2.85 bits per heavy atom. The fraction of sp³-hybridized carbons (Fsp3) is 0.308. The van der Waals surface area contributed by atoms with E-state index in [1.54, 1.807) is 53.6 Å². The SMILES string of the molecule is CCCCOc1cccc(F)c1CN1C(=O)C(C)Sc2cc(C(=O)NCc3ccco3)ccc21. The Bertz CT molecular complexity index is 1170. The van der Waals surface area contributed by atoms with E-state index >= 15 is 0 Å². The van der Waals surface area contributed by atoms with Crippen LogP contribution in [0.5, 0.6) is 5.75 Å². The summed E-state index contributed by atoms with van der Waals surface area (Å²) in [4.78, 5) is 28.1. The molecular formula is C26H27FN2O4S. The number of anilines is 1. The van der Waals surface area contributed by atoms with E-state index in [1.165, 1.54) is 17.8 Å². The molecule has 8 heteroatoms. The number of rotatable bonds is 9. The summed E-state index contributed by atoms with van der Waals surface area (Å²) in [5.74, 6) is 0.339. The smallest absolute Gasteiger partial charge is 0.251 e. The van der Waals surface area contributed by atoms with Crippen molar-refractivity contribution < 1.29 is 23.1 Å². The molecule has 1 aromatic heterocycles. The molecule has 0 saturated carbocycles. The number of furan rings is 1. The number of unbranched alkanes of at least 4 members (excludes halogenated alkanes) is 1. The minimum atomic E-state index is -0.414. The van der Waals surface area contributed by atoms with Gasteiger partial charge < -0.3 is 19.4 Å². The van der Waals surface area contributed by atoms with Gasteiger partial charge in [-0.15, -0.1) is 11.8 Å². The highest BCUT2D eigenvalue weighted by molar-refractivity contribution is 8.01. The maximum Gasteiger partial charge on any atom is 0.251 e. The van der Waals surface area contributed by atoms with Crippen molar-refractivity contribution in [2.75, 3.05) is 11.5 Å². The molecule has 0 fully saturated rings.